The van der Waals surface area contributed by atoms with Crippen LogP contribution in [0.25, 0.3) is 0 Å². The molecule has 1 unspecified atom stereocenters. The molecule has 2 aliphatic heterocycles. The third-order valence-corrected chi connectivity index (χ3v) is 7.82. The third kappa shape index (κ3) is 4.09. The molecule has 2 aliphatic carbocycles. The Labute approximate surface area is 174 Å². The van der Waals surface area contributed by atoms with Crippen molar-refractivity contribution in [3.05, 3.63) is 30.1 Å². The van der Waals surface area contributed by atoms with Crippen LogP contribution in [0.4, 0.5) is 0 Å². The number of aromatic nitrogens is 1. The molecular formula is C24H35N3O2. The summed E-state index contributed by atoms with van der Waals surface area (Å²) >= 11 is 0. The predicted octanol–water partition coefficient (Wildman–Crippen LogP) is 3.43. The highest BCUT2D eigenvalue weighted by molar-refractivity contribution is 5.78. The zero-order valence-corrected chi connectivity index (χ0v) is 17.6. The number of pyridine rings is 1. The minimum Gasteiger partial charge on any atom is -0.375 e. The Balaban J connectivity index is 1.16. The number of rotatable bonds is 6. The van der Waals surface area contributed by atoms with Gasteiger partial charge >= 0.3 is 0 Å². The van der Waals surface area contributed by atoms with Gasteiger partial charge in [0.2, 0.25) is 5.91 Å². The number of amides is 1. The second kappa shape index (κ2) is 8.35. The molecule has 1 amide bonds. The van der Waals surface area contributed by atoms with Crippen LogP contribution in [0.1, 0.15) is 63.4 Å². The van der Waals surface area contributed by atoms with E-state index in [1.165, 1.54) is 44.9 Å². The first kappa shape index (κ1) is 19.5. The Hall–Kier alpha value is -1.46. The zero-order chi connectivity index (χ0) is 19.7. The molecule has 3 heterocycles. The van der Waals surface area contributed by atoms with Crippen LogP contribution in [0, 0.1) is 5.92 Å². The van der Waals surface area contributed by atoms with Crippen molar-refractivity contribution in [3.8, 4) is 0 Å². The second-order valence-corrected chi connectivity index (χ2v) is 9.73. The minimum atomic E-state index is 0.248. The monoisotopic (exact) mass is 397 g/mol. The number of hydrogen-bond donors (Lipinski definition) is 0. The Morgan fingerprint density at radius 3 is 2.62 bits per heavy atom. The van der Waals surface area contributed by atoms with Crippen molar-refractivity contribution < 1.29 is 9.53 Å². The molecule has 5 heteroatoms. The Kier molecular flexibility index (Phi) is 5.61. The number of likely N-dealkylation sites (tertiary alicyclic amines) is 2. The normalized spacial score (nSPS) is 27.7. The summed E-state index contributed by atoms with van der Waals surface area (Å²) in [5.74, 6) is 1.09. The molecule has 29 heavy (non-hydrogen) atoms. The van der Waals surface area contributed by atoms with E-state index in [0.717, 1.165) is 50.6 Å². The number of nitrogens with zero attached hydrogens (tertiary/aromatic N) is 3. The predicted molar refractivity (Wildman–Crippen MR) is 113 cm³/mol. The lowest BCUT2D eigenvalue weighted by Gasteiger charge is -2.63. The van der Waals surface area contributed by atoms with Gasteiger partial charge in [0, 0.05) is 50.2 Å². The van der Waals surface area contributed by atoms with E-state index in [4.69, 9.17) is 4.74 Å². The fourth-order valence-electron chi connectivity index (χ4n) is 5.85. The van der Waals surface area contributed by atoms with Gasteiger partial charge in [-0.3, -0.25) is 14.7 Å². The molecule has 4 aliphatic rings. The van der Waals surface area contributed by atoms with Crippen molar-refractivity contribution in [1.29, 1.82) is 0 Å². The van der Waals surface area contributed by atoms with E-state index in [2.05, 4.69) is 14.8 Å². The van der Waals surface area contributed by atoms with Gasteiger partial charge in [0.15, 0.2) is 0 Å². The Morgan fingerprint density at radius 2 is 1.93 bits per heavy atom. The van der Waals surface area contributed by atoms with Gasteiger partial charge in [-0.25, -0.2) is 0 Å². The van der Waals surface area contributed by atoms with Crippen LogP contribution in [0.15, 0.2) is 24.5 Å². The lowest BCUT2D eigenvalue weighted by Crippen LogP contribution is -2.75. The van der Waals surface area contributed by atoms with Crippen molar-refractivity contribution in [3.63, 3.8) is 0 Å². The molecule has 1 spiro atoms. The Morgan fingerprint density at radius 1 is 1.14 bits per heavy atom. The number of carbonyl (C=O) groups is 1. The van der Waals surface area contributed by atoms with E-state index < -0.39 is 0 Å². The molecule has 2 saturated carbocycles. The maximum atomic E-state index is 12.7. The highest BCUT2D eigenvalue weighted by atomic mass is 16.5. The fraction of sp³-hybridized carbons (Fsp3) is 0.750. The smallest absolute Gasteiger partial charge is 0.227 e. The zero-order valence-electron chi connectivity index (χ0n) is 17.6. The van der Waals surface area contributed by atoms with Crippen molar-refractivity contribution in [2.45, 2.75) is 81.9 Å². The fourth-order valence-corrected chi connectivity index (χ4v) is 5.85. The van der Waals surface area contributed by atoms with E-state index in [1.807, 2.05) is 12.1 Å². The summed E-state index contributed by atoms with van der Waals surface area (Å²) < 4.78 is 6.43. The van der Waals surface area contributed by atoms with Crippen molar-refractivity contribution in [2.24, 2.45) is 5.92 Å². The minimum absolute atomic E-state index is 0.248. The molecule has 1 aromatic rings. The summed E-state index contributed by atoms with van der Waals surface area (Å²) in [4.78, 5) is 21.7. The average molecular weight is 398 g/mol. The summed E-state index contributed by atoms with van der Waals surface area (Å²) in [7, 11) is 0. The number of carbonyl (C=O) groups excluding carboxylic acids is 1. The standard InChI is InChI=1S/C24H35N3O2/c28-23(15-20-5-4-12-25-16-20)26-13-8-21(9-14-26)27-17-22(29-18-19-6-7-19)24(27)10-2-1-3-11-24/h4-5,12,16,19,21-22H,1-3,6-11,13-15,17-18H2. The van der Waals surface area contributed by atoms with E-state index in [9.17, 15) is 4.79 Å². The molecule has 0 N–H and O–H groups in total. The summed E-state index contributed by atoms with van der Waals surface area (Å²) in [5.41, 5.74) is 1.32. The summed E-state index contributed by atoms with van der Waals surface area (Å²) in [6.45, 7) is 3.89. The van der Waals surface area contributed by atoms with E-state index in [1.54, 1.807) is 12.4 Å². The van der Waals surface area contributed by atoms with Crippen LogP contribution in [-0.4, -0.2) is 64.6 Å². The quantitative estimate of drug-likeness (QED) is 0.738. The largest absolute Gasteiger partial charge is 0.375 e. The number of hydrogen-bond acceptors (Lipinski definition) is 4. The molecule has 2 saturated heterocycles. The topological polar surface area (TPSA) is 45.7 Å². The molecule has 0 aromatic carbocycles. The van der Waals surface area contributed by atoms with Crippen molar-refractivity contribution >= 4 is 5.91 Å². The van der Waals surface area contributed by atoms with Gasteiger partial charge in [-0.05, 0) is 56.1 Å². The molecule has 158 valence electrons. The van der Waals surface area contributed by atoms with Gasteiger partial charge in [0.1, 0.15) is 0 Å². The molecule has 1 aromatic heterocycles. The first-order valence-electron chi connectivity index (χ1n) is 11.8. The van der Waals surface area contributed by atoms with Crippen LogP contribution in [0.2, 0.25) is 0 Å². The van der Waals surface area contributed by atoms with Crippen LogP contribution >= 0.6 is 0 Å². The second-order valence-electron chi connectivity index (χ2n) is 9.73. The molecule has 0 bridgehead atoms. The third-order valence-electron chi connectivity index (χ3n) is 7.82. The first-order chi connectivity index (χ1) is 14.2. The van der Waals surface area contributed by atoms with Gasteiger partial charge in [-0.1, -0.05) is 25.3 Å². The molecule has 5 nitrogen and oxygen atoms in total. The average Bonchev–Trinajstić information content (AvgIpc) is 3.59. The van der Waals surface area contributed by atoms with Gasteiger partial charge < -0.3 is 9.64 Å². The first-order valence-corrected chi connectivity index (χ1v) is 11.8. The number of ether oxygens (including phenoxy) is 1. The maximum absolute atomic E-state index is 12.7. The van der Waals surface area contributed by atoms with Crippen molar-refractivity contribution in [1.82, 2.24) is 14.8 Å². The van der Waals surface area contributed by atoms with Crippen LogP contribution in [0.5, 0.6) is 0 Å². The SMILES string of the molecule is O=C(Cc1cccnc1)N1CCC(N2CC(OCC3CC3)C23CCCCC3)CC1. The van der Waals surface area contributed by atoms with E-state index >= 15 is 0 Å². The molecular weight excluding hydrogens is 362 g/mol. The Bertz CT molecular complexity index is 691. The lowest BCUT2D eigenvalue weighted by molar-refractivity contribution is -0.203. The van der Waals surface area contributed by atoms with Gasteiger partial charge in [-0.2, -0.15) is 0 Å². The van der Waals surface area contributed by atoms with Crippen LogP contribution in [-0.2, 0) is 16.0 Å². The van der Waals surface area contributed by atoms with Gasteiger partial charge in [0.05, 0.1) is 12.5 Å². The summed E-state index contributed by atoms with van der Waals surface area (Å²) in [6.07, 6.45) is 16.1. The summed E-state index contributed by atoms with van der Waals surface area (Å²) in [5, 5.41) is 0. The highest BCUT2D eigenvalue weighted by Gasteiger charge is 2.56. The molecule has 4 fully saturated rings. The molecule has 5 rings (SSSR count). The van der Waals surface area contributed by atoms with Crippen LogP contribution < -0.4 is 0 Å². The number of piperidine rings is 1. The molecule has 0 radical (unpaired) electrons. The summed E-state index contributed by atoms with van der Waals surface area (Å²) in [6, 6.07) is 4.52. The van der Waals surface area contributed by atoms with E-state index in [-0.39, 0.29) is 5.91 Å². The lowest BCUT2D eigenvalue weighted by atomic mass is 9.69. The van der Waals surface area contributed by atoms with Gasteiger partial charge in [-0.15, -0.1) is 0 Å². The molecule has 1 atom stereocenters. The van der Waals surface area contributed by atoms with E-state index in [0.29, 0.717) is 24.1 Å². The highest BCUT2D eigenvalue weighted by Crippen LogP contribution is 2.48. The van der Waals surface area contributed by atoms with Gasteiger partial charge in [0.25, 0.3) is 0 Å². The maximum Gasteiger partial charge on any atom is 0.227 e. The van der Waals surface area contributed by atoms with Crippen molar-refractivity contribution in [2.75, 3.05) is 26.2 Å². The van der Waals surface area contributed by atoms with Crippen LogP contribution in [0.3, 0.4) is 0 Å².